The maximum Gasteiger partial charge on any atom is 0.230 e. The monoisotopic (exact) mass is 213 g/mol. The van der Waals surface area contributed by atoms with E-state index in [4.69, 9.17) is 0 Å². The predicted molar refractivity (Wildman–Crippen MR) is 60.1 cm³/mol. The Morgan fingerprint density at radius 2 is 2.07 bits per heavy atom. The van der Waals surface area contributed by atoms with Crippen LogP contribution in [0.25, 0.3) is 0 Å². The lowest BCUT2D eigenvalue weighted by atomic mass is 9.81. The van der Waals surface area contributed by atoms with Crippen molar-refractivity contribution in [1.82, 2.24) is 5.32 Å². The molecule has 1 heterocycles. The van der Waals surface area contributed by atoms with E-state index in [1.165, 1.54) is 32.1 Å². The molecule has 0 spiro atoms. The van der Waals surface area contributed by atoms with E-state index in [1.807, 2.05) is 0 Å². The lowest BCUT2D eigenvalue weighted by molar-refractivity contribution is -0.118. The van der Waals surface area contributed by atoms with E-state index in [9.17, 15) is 4.79 Å². The minimum atomic E-state index is 0.225. The molecule has 1 aliphatic heterocycles. The van der Waals surface area contributed by atoms with Crippen molar-refractivity contribution >= 4 is 17.7 Å². The molecule has 0 aromatic heterocycles. The van der Waals surface area contributed by atoms with Crippen LogP contribution in [0.5, 0.6) is 0 Å². The maximum absolute atomic E-state index is 11.1. The molecule has 1 saturated heterocycles. The lowest BCUT2D eigenvalue weighted by Crippen LogP contribution is -2.34. The minimum Gasteiger partial charge on any atom is -0.343 e. The molecule has 2 rings (SSSR count). The third-order valence-corrected chi connectivity index (χ3v) is 4.90. The van der Waals surface area contributed by atoms with Crippen LogP contribution in [-0.4, -0.2) is 17.0 Å². The summed E-state index contributed by atoms with van der Waals surface area (Å²) in [6.07, 6.45) is 6.93. The molecule has 2 nitrogen and oxygen atoms in total. The van der Waals surface area contributed by atoms with Crippen LogP contribution in [0.4, 0.5) is 0 Å². The minimum absolute atomic E-state index is 0.225. The van der Waals surface area contributed by atoms with Crippen LogP contribution in [-0.2, 0) is 4.79 Å². The average molecular weight is 213 g/mol. The van der Waals surface area contributed by atoms with Crippen LogP contribution >= 0.6 is 11.8 Å². The fraction of sp³-hybridized carbons (Fsp3) is 0.909. The molecular weight excluding hydrogens is 194 g/mol. The van der Waals surface area contributed by atoms with Gasteiger partial charge in [-0.1, -0.05) is 39.0 Å². The Morgan fingerprint density at radius 1 is 1.36 bits per heavy atom. The molecule has 1 saturated carbocycles. The molecule has 14 heavy (non-hydrogen) atoms. The molecular formula is C11H19NOS. The van der Waals surface area contributed by atoms with Crippen LogP contribution in [0.15, 0.2) is 0 Å². The van der Waals surface area contributed by atoms with Gasteiger partial charge in [0.15, 0.2) is 0 Å². The van der Waals surface area contributed by atoms with Crippen molar-refractivity contribution in [2.24, 2.45) is 11.8 Å². The van der Waals surface area contributed by atoms with E-state index in [0.29, 0.717) is 17.0 Å². The first-order chi connectivity index (χ1) is 6.77. The molecule has 1 N–H and O–H groups in total. The van der Waals surface area contributed by atoms with Crippen LogP contribution in [0.1, 0.15) is 39.0 Å². The van der Waals surface area contributed by atoms with Gasteiger partial charge in [0, 0.05) is 0 Å². The SMILES string of the molecule is CC(C1CCCCC1)C1NC(=O)CS1. The molecule has 0 bridgehead atoms. The lowest BCUT2D eigenvalue weighted by Gasteiger charge is -2.30. The number of carbonyl (C=O) groups is 1. The van der Waals surface area contributed by atoms with E-state index in [1.54, 1.807) is 11.8 Å². The summed E-state index contributed by atoms with van der Waals surface area (Å²) in [6, 6.07) is 0. The standard InChI is InChI=1S/C11H19NOS/c1-8(9-5-3-2-4-6-9)11-12-10(13)7-14-11/h8-9,11H,2-7H2,1H3,(H,12,13). The van der Waals surface area contributed by atoms with Gasteiger partial charge in [0.05, 0.1) is 11.1 Å². The van der Waals surface area contributed by atoms with Crippen molar-refractivity contribution in [2.45, 2.75) is 44.4 Å². The molecule has 2 unspecified atom stereocenters. The number of hydrogen-bond acceptors (Lipinski definition) is 2. The summed E-state index contributed by atoms with van der Waals surface area (Å²) in [5.74, 6) is 2.40. The Kier molecular flexibility index (Phi) is 3.37. The molecule has 0 aromatic rings. The first-order valence-corrected chi connectivity index (χ1v) is 6.73. The number of carbonyl (C=O) groups excluding carboxylic acids is 1. The smallest absolute Gasteiger partial charge is 0.230 e. The highest BCUT2D eigenvalue weighted by atomic mass is 32.2. The number of nitrogens with one attached hydrogen (secondary N) is 1. The summed E-state index contributed by atoms with van der Waals surface area (Å²) in [4.78, 5) is 11.1. The number of hydrogen-bond donors (Lipinski definition) is 1. The zero-order valence-corrected chi connectivity index (χ0v) is 9.61. The van der Waals surface area contributed by atoms with E-state index < -0.39 is 0 Å². The fourth-order valence-electron chi connectivity index (χ4n) is 2.60. The Balaban J connectivity index is 1.86. The normalized spacial score (nSPS) is 31.5. The third-order valence-electron chi connectivity index (χ3n) is 3.57. The van der Waals surface area contributed by atoms with E-state index in [2.05, 4.69) is 12.2 Å². The fourth-order valence-corrected chi connectivity index (χ4v) is 3.75. The van der Waals surface area contributed by atoms with E-state index >= 15 is 0 Å². The largest absolute Gasteiger partial charge is 0.343 e. The quantitative estimate of drug-likeness (QED) is 0.763. The Hall–Kier alpha value is -0.180. The van der Waals surface area contributed by atoms with Gasteiger partial charge >= 0.3 is 0 Å². The summed E-state index contributed by atoms with van der Waals surface area (Å²) in [5, 5.41) is 3.47. The molecule has 2 fully saturated rings. The van der Waals surface area contributed by atoms with Gasteiger partial charge in [-0.05, 0) is 11.8 Å². The van der Waals surface area contributed by atoms with Crippen molar-refractivity contribution in [3.63, 3.8) is 0 Å². The molecule has 3 heteroatoms. The molecule has 0 aromatic carbocycles. The van der Waals surface area contributed by atoms with Gasteiger partial charge in [-0.3, -0.25) is 4.79 Å². The van der Waals surface area contributed by atoms with Crippen molar-refractivity contribution < 1.29 is 4.79 Å². The third kappa shape index (κ3) is 2.25. The summed E-state index contributed by atoms with van der Waals surface area (Å²) in [5.41, 5.74) is 0. The predicted octanol–water partition coefficient (Wildman–Crippen LogP) is 2.39. The summed E-state index contributed by atoms with van der Waals surface area (Å²) < 4.78 is 0. The van der Waals surface area contributed by atoms with E-state index in [0.717, 1.165) is 5.92 Å². The van der Waals surface area contributed by atoms with Gasteiger partial charge in [0.25, 0.3) is 0 Å². The zero-order valence-electron chi connectivity index (χ0n) is 8.79. The summed E-state index contributed by atoms with van der Waals surface area (Å²) in [6.45, 7) is 2.30. The Labute approximate surface area is 90.2 Å². The van der Waals surface area contributed by atoms with Gasteiger partial charge in [0.2, 0.25) is 5.91 Å². The topological polar surface area (TPSA) is 29.1 Å². The number of thioether (sulfide) groups is 1. The van der Waals surface area contributed by atoms with Crippen molar-refractivity contribution in [3.05, 3.63) is 0 Å². The zero-order chi connectivity index (χ0) is 9.97. The van der Waals surface area contributed by atoms with Crippen LogP contribution < -0.4 is 5.32 Å². The van der Waals surface area contributed by atoms with Crippen molar-refractivity contribution in [2.75, 3.05) is 5.75 Å². The highest BCUT2D eigenvalue weighted by molar-refractivity contribution is 8.01. The second-order valence-electron chi connectivity index (χ2n) is 4.56. The molecule has 1 aliphatic carbocycles. The average Bonchev–Trinajstić information content (AvgIpc) is 2.65. The van der Waals surface area contributed by atoms with Crippen molar-refractivity contribution in [3.8, 4) is 0 Å². The van der Waals surface area contributed by atoms with Gasteiger partial charge in [-0.2, -0.15) is 0 Å². The molecule has 80 valence electrons. The second kappa shape index (κ2) is 4.56. The van der Waals surface area contributed by atoms with E-state index in [-0.39, 0.29) is 5.91 Å². The summed E-state index contributed by atoms with van der Waals surface area (Å²) >= 11 is 1.79. The highest BCUT2D eigenvalue weighted by Gasteiger charge is 2.31. The number of rotatable bonds is 2. The summed E-state index contributed by atoms with van der Waals surface area (Å²) in [7, 11) is 0. The highest BCUT2D eigenvalue weighted by Crippen LogP contribution is 2.35. The molecule has 1 amide bonds. The van der Waals surface area contributed by atoms with Gasteiger partial charge in [-0.15, -0.1) is 11.8 Å². The maximum atomic E-state index is 11.1. The first-order valence-electron chi connectivity index (χ1n) is 5.68. The molecule has 2 aliphatic rings. The Bertz CT molecular complexity index is 213. The van der Waals surface area contributed by atoms with Crippen LogP contribution in [0, 0.1) is 11.8 Å². The van der Waals surface area contributed by atoms with Crippen molar-refractivity contribution in [1.29, 1.82) is 0 Å². The van der Waals surface area contributed by atoms with Gasteiger partial charge < -0.3 is 5.32 Å². The first kappa shape index (κ1) is 10.3. The Morgan fingerprint density at radius 3 is 2.64 bits per heavy atom. The second-order valence-corrected chi connectivity index (χ2v) is 5.69. The van der Waals surface area contributed by atoms with Gasteiger partial charge in [0.1, 0.15) is 0 Å². The van der Waals surface area contributed by atoms with Crippen LogP contribution in [0.3, 0.4) is 0 Å². The molecule has 0 radical (unpaired) electrons. The van der Waals surface area contributed by atoms with Crippen LogP contribution in [0.2, 0.25) is 0 Å². The molecule has 2 atom stereocenters. The number of amides is 1. The van der Waals surface area contributed by atoms with Gasteiger partial charge in [-0.25, -0.2) is 0 Å².